The van der Waals surface area contributed by atoms with Crippen LogP contribution in [0.15, 0.2) is 69.5 Å². The summed E-state index contributed by atoms with van der Waals surface area (Å²) in [5, 5.41) is 7.18. The summed E-state index contributed by atoms with van der Waals surface area (Å²) < 4.78 is 12.4. The van der Waals surface area contributed by atoms with Crippen molar-refractivity contribution in [1.82, 2.24) is 0 Å². The van der Waals surface area contributed by atoms with E-state index in [9.17, 15) is 0 Å². The Morgan fingerprint density at radius 3 is 1.36 bits per heavy atom. The number of benzene rings is 4. The summed E-state index contributed by atoms with van der Waals surface area (Å²) >= 11 is 0. The zero-order chi connectivity index (χ0) is 18.8. The van der Waals surface area contributed by atoms with Gasteiger partial charge >= 0.3 is 0 Å². The molecule has 0 N–H and O–H groups in total. The van der Waals surface area contributed by atoms with Gasteiger partial charge in [0.05, 0.1) is 0 Å². The third-order valence-electron chi connectivity index (χ3n) is 6.01. The standard InChI is InChI=1S/C26H20O2/c1-3-15-5-7-19-23(13-15)27-21-11-9-18-17(25(19)21)10-12-22-26(18)20-8-6-16(4-2)14-24(20)28-22/h5-14H,3-4H2,1-2H3. The summed E-state index contributed by atoms with van der Waals surface area (Å²) in [6.45, 7) is 4.34. The van der Waals surface area contributed by atoms with E-state index in [1.54, 1.807) is 0 Å². The summed E-state index contributed by atoms with van der Waals surface area (Å²) in [6.07, 6.45) is 2.02. The molecule has 0 spiro atoms. The van der Waals surface area contributed by atoms with Crippen molar-refractivity contribution in [1.29, 1.82) is 0 Å². The smallest absolute Gasteiger partial charge is 0.136 e. The van der Waals surface area contributed by atoms with Crippen LogP contribution in [0.1, 0.15) is 25.0 Å². The first-order valence-corrected chi connectivity index (χ1v) is 9.99. The Morgan fingerprint density at radius 1 is 0.500 bits per heavy atom. The lowest BCUT2D eigenvalue weighted by Crippen LogP contribution is -1.79. The number of furan rings is 2. The van der Waals surface area contributed by atoms with E-state index in [4.69, 9.17) is 8.83 Å². The maximum Gasteiger partial charge on any atom is 0.136 e. The summed E-state index contributed by atoms with van der Waals surface area (Å²) in [5.74, 6) is 0. The van der Waals surface area contributed by atoms with Gasteiger partial charge in [-0.3, -0.25) is 0 Å². The van der Waals surface area contributed by atoms with E-state index in [1.165, 1.54) is 43.4 Å². The van der Waals surface area contributed by atoms with Gasteiger partial charge in [0.2, 0.25) is 0 Å². The van der Waals surface area contributed by atoms with E-state index in [0.29, 0.717) is 0 Å². The zero-order valence-corrected chi connectivity index (χ0v) is 16.0. The average molecular weight is 364 g/mol. The van der Waals surface area contributed by atoms with Gasteiger partial charge < -0.3 is 8.83 Å². The predicted octanol–water partition coefficient (Wildman–Crippen LogP) is 7.76. The van der Waals surface area contributed by atoms with Crippen LogP contribution in [0, 0.1) is 0 Å². The minimum atomic E-state index is 0.941. The molecule has 2 nitrogen and oxygen atoms in total. The Morgan fingerprint density at radius 2 is 0.929 bits per heavy atom. The van der Waals surface area contributed by atoms with Crippen LogP contribution in [0.5, 0.6) is 0 Å². The number of fused-ring (bicyclic) bond motifs is 9. The molecule has 6 aromatic rings. The number of aryl methyl sites for hydroxylation is 2. The second-order valence-corrected chi connectivity index (χ2v) is 7.54. The monoisotopic (exact) mass is 364 g/mol. The fourth-order valence-electron chi connectivity index (χ4n) is 4.48. The molecule has 136 valence electrons. The molecule has 2 heterocycles. The Bertz CT molecular complexity index is 1410. The van der Waals surface area contributed by atoms with Crippen molar-refractivity contribution in [2.45, 2.75) is 26.7 Å². The van der Waals surface area contributed by atoms with Crippen LogP contribution >= 0.6 is 0 Å². The molecular weight excluding hydrogens is 344 g/mol. The molecule has 2 heteroatoms. The molecule has 28 heavy (non-hydrogen) atoms. The molecule has 0 aliphatic heterocycles. The van der Waals surface area contributed by atoms with Crippen molar-refractivity contribution in [3.05, 3.63) is 71.8 Å². The van der Waals surface area contributed by atoms with Crippen LogP contribution in [-0.2, 0) is 12.8 Å². The van der Waals surface area contributed by atoms with Gasteiger partial charge in [0.25, 0.3) is 0 Å². The second kappa shape index (κ2) is 5.62. The number of hydrogen-bond donors (Lipinski definition) is 0. The van der Waals surface area contributed by atoms with Crippen LogP contribution in [0.2, 0.25) is 0 Å². The Labute approximate surface area is 162 Å². The molecule has 0 atom stereocenters. The molecule has 0 saturated carbocycles. The molecule has 0 saturated heterocycles. The molecule has 0 aliphatic carbocycles. The van der Waals surface area contributed by atoms with Crippen LogP contribution in [-0.4, -0.2) is 0 Å². The molecule has 0 aliphatic rings. The van der Waals surface area contributed by atoms with Crippen molar-refractivity contribution in [3.8, 4) is 0 Å². The quantitative estimate of drug-likeness (QED) is 0.314. The Kier molecular flexibility index (Phi) is 3.16. The second-order valence-electron chi connectivity index (χ2n) is 7.54. The fraction of sp³-hybridized carbons (Fsp3) is 0.154. The maximum absolute atomic E-state index is 6.19. The highest BCUT2D eigenvalue weighted by Gasteiger charge is 2.15. The molecule has 6 rings (SSSR count). The average Bonchev–Trinajstić information content (AvgIpc) is 3.30. The van der Waals surface area contributed by atoms with Gasteiger partial charge in [-0.2, -0.15) is 0 Å². The zero-order valence-electron chi connectivity index (χ0n) is 16.0. The van der Waals surface area contributed by atoms with E-state index in [2.05, 4.69) is 74.5 Å². The number of hydrogen-bond acceptors (Lipinski definition) is 2. The van der Waals surface area contributed by atoms with Gasteiger partial charge in [-0.15, -0.1) is 0 Å². The summed E-state index contributed by atoms with van der Waals surface area (Å²) in [6, 6.07) is 21.7. The first kappa shape index (κ1) is 15.8. The largest absolute Gasteiger partial charge is 0.456 e. The molecule has 0 unspecified atom stereocenters. The van der Waals surface area contributed by atoms with Gasteiger partial charge in [-0.05, 0) is 71.1 Å². The summed E-state index contributed by atoms with van der Waals surface area (Å²) in [5.41, 5.74) is 6.40. The molecule has 2 aromatic heterocycles. The highest BCUT2D eigenvalue weighted by atomic mass is 16.3. The van der Waals surface area contributed by atoms with Crippen molar-refractivity contribution in [3.63, 3.8) is 0 Å². The van der Waals surface area contributed by atoms with E-state index >= 15 is 0 Å². The van der Waals surface area contributed by atoms with Gasteiger partial charge in [0.15, 0.2) is 0 Å². The van der Waals surface area contributed by atoms with Crippen molar-refractivity contribution in [2.75, 3.05) is 0 Å². The van der Waals surface area contributed by atoms with Crippen LogP contribution in [0.25, 0.3) is 54.6 Å². The third-order valence-corrected chi connectivity index (χ3v) is 6.01. The van der Waals surface area contributed by atoms with Crippen LogP contribution < -0.4 is 0 Å². The first-order chi connectivity index (χ1) is 13.8. The third kappa shape index (κ3) is 2.03. The predicted molar refractivity (Wildman–Crippen MR) is 117 cm³/mol. The van der Waals surface area contributed by atoms with Gasteiger partial charge in [-0.1, -0.05) is 38.1 Å². The van der Waals surface area contributed by atoms with Crippen molar-refractivity contribution >= 4 is 54.6 Å². The highest BCUT2D eigenvalue weighted by Crippen LogP contribution is 2.40. The molecule has 0 bridgehead atoms. The SMILES string of the molecule is CCc1ccc2c(c1)oc1ccc3c(ccc4oc5cc(CC)ccc5c43)c12. The van der Waals surface area contributed by atoms with Gasteiger partial charge in [-0.25, -0.2) is 0 Å². The lowest BCUT2D eigenvalue weighted by Gasteiger charge is -2.02. The van der Waals surface area contributed by atoms with Crippen LogP contribution in [0.4, 0.5) is 0 Å². The lowest BCUT2D eigenvalue weighted by molar-refractivity contribution is 0.667. The van der Waals surface area contributed by atoms with Crippen molar-refractivity contribution in [2.24, 2.45) is 0 Å². The Hall–Kier alpha value is -3.26. The molecular formula is C26H20O2. The minimum absolute atomic E-state index is 0.941. The van der Waals surface area contributed by atoms with E-state index in [-0.39, 0.29) is 0 Å². The molecule has 0 radical (unpaired) electrons. The molecule has 0 fully saturated rings. The van der Waals surface area contributed by atoms with E-state index < -0.39 is 0 Å². The van der Waals surface area contributed by atoms with Crippen LogP contribution in [0.3, 0.4) is 0 Å². The maximum atomic E-state index is 6.19. The van der Waals surface area contributed by atoms with E-state index in [0.717, 1.165) is 35.2 Å². The topological polar surface area (TPSA) is 26.3 Å². The number of rotatable bonds is 2. The van der Waals surface area contributed by atoms with Gasteiger partial charge in [0.1, 0.15) is 22.3 Å². The summed E-state index contributed by atoms with van der Waals surface area (Å²) in [4.78, 5) is 0. The lowest BCUT2D eigenvalue weighted by atomic mass is 9.98. The molecule has 0 amide bonds. The summed E-state index contributed by atoms with van der Waals surface area (Å²) in [7, 11) is 0. The van der Waals surface area contributed by atoms with E-state index in [1.807, 2.05) is 0 Å². The minimum Gasteiger partial charge on any atom is -0.456 e. The molecule has 4 aromatic carbocycles. The van der Waals surface area contributed by atoms with Crippen molar-refractivity contribution < 1.29 is 8.83 Å². The highest BCUT2D eigenvalue weighted by molar-refractivity contribution is 6.27. The van der Waals surface area contributed by atoms with Gasteiger partial charge in [0, 0.05) is 21.5 Å². The first-order valence-electron chi connectivity index (χ1n) is 9.99. The Balaban J connectivity index is 1.77. The fourth-order valence-corrected chi connectivity index (χ4v) is 4.48. The normalized spacial score (nSPS) is 12.2.